The lowest BCUT2D eigenvalue weighted by atomic mass is 10.1. The summed E-state index contributed by atoms with van der Waals surface area (Å²) < 4.78 is 16.6. The van der Waals surface area contributed by atoms with E-state index in [9.17, 15) is 4.79 Å². The highest BCUT2D eigenvalue weighted by atomic mass is 28.1. The number of aryl methyl sites for hydroxylation is 1. The molecular formula is C19H27O4Si. The van der Waals surface area contributed by atoms with Gasteiger partial charge in [0.25, 0.3) is 0 Å². The zero-order valence-electron chi connectivity index (χ0n) is 14.9. The highest BCUT2D eigenvalue weighted by molar-refractivity contribution is 6.34. The Morgan fingerprint density at radius 2 is 1.75 bits per heavy atom. The number of ether oxygens (including phenoxy) is 3. The monoisotopic (exact) mass is 347 g/mol. The maximum Gasteiger partial charge on any atom is 0.333 e. The minimum absolute atomic E-state index is 0.317. The van der Waals surface area contributed by atoms with Gasteiger partial charge in [0, 0.05) is 5.57 Å². The molecule has 1 aromatic rings. The first kappa shape index (κ1) is 20.3. The van der Waals surface area contributed by atoms with Gasteiger partial charge < -0.3 is 14.2 Å². The van der Waals surface area contributed by atoms with Gasteiger partial charge in [0.2, 0.25) is 0 Å². The molecule has 1 rings (SSSR count). The summed E-state index contributed by atoms with van der Waals surface area (Å²) in [6, 6.07) is 4.06. The molecule has 0 amide bonds. The molecule has 0 N–H and O–H groups in total. The second kappa shape index (κ2) is 10.9. The van der Waals surface area contributed by atoms with E-state index in [0.717, 1.165) is 47.9 Å². The number of hydrogen-bond acceptors (Lipinski definition) is 4. The molecule has 0 atom stereocenters. The first-order valence-electron chi connectivity index (χ1n) is 8.46. The molecule has 24 heavy (non-hydrogen) atoms. The number of rotatable bonds is 11. The highest BCUT2D eigenvalue weighted by Crippen LogP contribution is 2.30. The lowest BCUT2D eigenvalue weighted by molar-refractivity contribution is -0.139. The van der Waals surface area contributed by atoms with Gasteiger partial charge in [0.1, 0.15) is 0 Å². The second-order valence-corrected chi connectivity index (χ2v) is 6.06. The van der Waals surface area contributed by atoms with Crippen LogP contribution in [0.5, 0.6) is 11.5 Å². The van der Waals surface area contributed by atoms with Gasteiger partial charge in [-0.3, -0.25) is 0 Å². The predicted octanol–water partition coefficient (Wildman–Crippen LogP) is 3.11. The molecule has 0 aliphatic heterocycles. The number of carbonyl (C=O) groups is 1. The summed E-state index contributed by atoms with van der Waals surface area (Å²) in [4.78, 5) is 11.3. The average molecular weight is 348 g/mol. The largest absolute Gasteiger partial charge is 0.490 e. The molecule has 5 heteroatoms. The van der Waals surface area contributed by atoms with Crippen molar-refractivity contribution < 1.29 is 19.0 Å². The number of hydrogen-bond donors (Lipinski definition) is 0. The molecule has 0 fully saturated rings. The molecule has 0 aromatic heterocycles. The summed E-state index contributed by atoms with van der Waals surface area (Å²) in [5, 5.41) is 0.899. The SMILES string of the molecule is C=C(C)C(=O)OCCCCCc1ccc([Si])c(OCC)c1OCC. The number of benzene rings is 1. The fraction of sp³-hybridized carbons (Fsp3) is 0.526. The quantitative estimate of drug-likeness (QED) is 0.267. The normalized spacial score (nSPS) is 10.3. The smallest absolute Gasteiger partial charge is 0.333 e. The summed E-state index contributed by atoms with van der Waals surface area (Å²) >= 11 is 0. The number of esters is 1. The van der Waals surface area contributed by atoms with Gasteiger partial charge in [-0.2, -0.15) is 0 Å². The molecule has 3 radical (unpaired) electrons. The van der Waals surface area contributed by atoms with E-state index in [0.29, 0.717) is 25.4 Å². The van der Waals surface area contributed by atoms with Crippen LogP contribution in [0.2, 0.25) is 0 Å². The van der Waals surface area contributed by atoms with E-state index in [1.165, 1.54) is 0 Å². The zero-order valence-corrected chi connectivity index (χ0v) is 15.9. The minimum atomic E-state index is -0.317. The van der Waals surface area contributed by atoms with E-state index in [2.05, 4.69) is 22.9 Å². The fourth-order valence-corrected chi connectivity index (χ4v) is 2.54. The van der Waals surface area contributed by atoms with Crippen molar-refractivity contribution in [2.45, 2.75) is 46.5 Å². The molecule has 1 aromatic carbocycles. The maximum atomic E-state index is 11.3. The van der Waals surface area contributed by atoms with Crippen molar-refractivity contribution >= 4 is 21.4 Å². The van der Waals surface area contributed by atoms with Crippen molar-refractivity contribution in [2.75, 3.05) is 19.8 Å². The van der Waals surface area contributed by atoms with E-state index in [4.69, 9.17) is 14.2 Å². The van der Waals surface area contributed by atoms with E-state index >= 15 is 0 Å². The van der Waals surface area contributed by atoms with Crippen molar-refractivity contribution in [1.82, 2.24) is 0 Å². The summed E-state index contributed by atoms with van der Waals surface area (Å²) in [7, 11) is 3.57. The molecule has 0 saturated heterocycles. The molecule has 0 saturated carbocycles. The molecule has 0 aliphatic carbocycles. The third kappa shape index (κ3) is 6.39. The van der Waals surface area contributed by atoms with E-state index < -0.39 is 0 Å². The van der Waals surface area contributed by atoms with Gasteiger partial charge in [-0.05, 0) is 57.2 Å². The third-order valence-electron chi connectivity index (χ3n) is 3.44. The van der Waals surface area contributed by atoms with Crippen LogP contribution in [-0.4, -0.2) is 36.0 Å². The molecule has 0 heterocycles. The molecule has 0 unspecified atom stereocenters. The second-order valence-electron chi connectivity index (χ2n) is 5.52. The van der Waals surface area contributed by atoms with Gasteiger partial charge in [-0.25, -0.2) is 4.79 Å². The fourth-order valence-electron chi connectivity index (χ4n) is 2.27. The molecule has 4 nitrogen and oxygen atoms in total. The van der Waals surface area contributed by atoms with E-state index in [-0.39, 0.29) is 5.97 Å². The van der Waals surface area contributed by atoms with Crippen LogP contribution >= 0.6 is 0 Å². The van der Waals surface area contributed by atoms with Crippen molar-refractivity contribution in [3.63, 3.8) is 0 Å². The van der Waals surface area contributed by atoms with Crippen LogP contribution in [0.1, 0.15) is 45.6 Å². The molecule has 131 valence electrons. The van der Waals surface area contributed by atoms with Gasteiger partial charge in [-0.1, -0.05) is 18.7 Å². The van der Waals surface area contributed by atoms with Crippen LogP contribution in [-0.2, 0) is 16.0 Å². The Kier molecular flexibility index (Phi) is 9.23. The van der Waals surface area contributed by atoms with E-state index in [1.807, 2.05) is 19.9 Å². The standard InChI is InChI=1S/C19H27O4Si/c1-5-21-17-15(11-12-16(24)18(17)22-6-2)10-8-7-9-13-23-19(20)14(3)4/h11-12H,3,5-10,13H2,1-2,4H3. The Morgan fingerprint density at radius 1 is 1.08 bits per heavy atom. The first-order valence-corrected chi connectivity index (χ1v) is 8.96. The van der Waals surface area contributed by atoms with Gasteiger partial charge in [0.15, 0.2) is 11.5 Å². The topological polar surface area (TPSA) is 44.8 Å². The van der Waals surface area contributed by atoms with Crippen molar-refractivity contribution in [3.8, 4) is 11.5 Å². The highest BCUT2D eigenvalue weighted by Gasteiger charge is 2.13. The summed E-state index contributed by atoms with van der Waals surface area (Å²) in [5.41, 5.74) is 1.58. The zero-order chi connectivity index (χ0) is 17.9. The number of unbranched alkanes of at least 4 members (excludes halogenated alkanes) is 2. The summed E-state index contributed by atoms with van der Waals surface area (Å²) in [6.45, 7) is 10.8. The molecule has 0 bridgehead atoms. The van der Waals surface area contributed by atoms with Crippen LogP contribution in [0, 0.1) is 0 Å². The first-order chi connectivity index (χ1) is 11.5. The van der Waals surface area contributed by atoms with Gasteiger partial charge in [-0.15, -0.1) is 0 Å². The molecular weight excluding hydrogens is 320 g/mol. The van der Waals surface area contributed by atoms with Crippen LogP contribution in [0.4, 0.5) is 0 Å². The van der Waals surface area contributed by atoms with Crippen LogP contribution in [0.3, 0.4) is 0 Å². The van der Waals surface area contributed by atoms with Crippen LogP contribution in [0.15, 0.2) is 24.3 Å². The van der Waals surface area contributed by atoms with Crippen LogP contribution in [0.25, 0.3) is 0 Å². The number of carbonyl (C=O) groups excluding carboxylic acids is 1. The summed E-state index contributed by atoms with van der Waals surface area (Å²) in [6.07, 6.45) is 3.72. The van der Waals surface area contributed by atoms with Crippen molar-refractivity contribution in [1.29, 1.82) is 0 Å². The Hall–Kier alpha value is -1.75. The lowest BCUT2D eigenvalue weighted by Crippen LogP contribution is -2.13. The van der Waals surface area contributed by atoms with Crippen LogP contribution < -0.4 is 14.7 Å². The Bertz CT molecular complexity index is 555. The minimum Gasteiger partial charge on any atom is -0.490 e. The lowest BCUT2D eigenvalue weighted by Gasteiger charge is -2.17. The van der Waals surface area contributed by atoms with Gasteiger partial charge in [0.05, 0.1) is 30.1 Å². The predicted molar refractivity (Wildman–Crippen MR) is 97.5 cm³/mol. The third-order valence-corrected chi connectivity index (χ3v) is 3.84. The van der Waals surface area contributed by atoms with Gasteiger partial charge >= 0.3 is 5.97 Å². The Labute approximate surface area is 148 Å². The molecule has 0 aliphatic rings. The Morgan fingerprint density at radius 3 is 2.38 bits per heavy atom. The average Bonchev–Trinajstić information content (AvgIpc) is 2.55. The van der Waals surface area contributed by atoms with Crippen molar-refractivity contribution in [2.24, 2.45) is 0 Å². The summed E-state index contributed by atoms with van der Waals surface area (Å²) in [5.74, 6) is 1.27. The van der Waals surface area contributed by atoms with E-state index in [1.54, 1.807) is 6.92 Å². The Balaban J connectivity index is 2.54. The van der Waals surface area contributed by atoms with Crippen molar-refractivity contribution in [3.05, 3.63) is 29.8 Å². The maximum absolute atomic E-state index is 11.3. The molecule has 0 spiro atoms.